The van der Waals surface area contributed by atoms with Crippen LogP contribution in [0.1, 0.15) is 34.7 Å². The molecule has 32 heavy (non-hydrogen) atoms. The van der Waals surface area contributed by atoms with Crippen LogP contribution in [0.15, 0.2) is 85.1 Å². The lowest BCUT2D eigenvalue weighted by Gasteiger charge is -2.28. The van der Waals surface area contributed by atoms with E-state index in [-0.39, 0.29) is 17.9 Å². The standard InChI is InChI=1S/C26H23FN4S/c1-17-15-22(18(2)30(17)21-12-8-9-19(27)16-21)25-24(23-13-6-7-14-28-23)29-26(32)31(25)20-10-4-3-5-11-20/h3-16,24-25H,1-2H3,(H,29,32)/t24-,25-/m1/s1. The maximum atomic E-state index is 14.0. The largest absolute Gasteiger partial charge is 0.351 e. The molecule has 3 heterocycles. The van der Waals surface area contributed by atoms with E-state index in [1.165, 1.54) is 6.07 Å². The van der Waals surface area contributed by atoms with Gasteiger partial charge in [0.1, 0.15) is 5.82 Å². The second kappa shape index (κ2) is 8.20. The van der Waals surface area contributed by atoms with E-state index >= 15 is 0 Å². The molecule has 0 unspecified atom stereocenters. The molecule has 0 bridgehead atoms. The Labute approximate surface area is 192 Å². The number of aromatic nitrogens is 2. The minimum atomic E-state index is -0.252. The monoisotopic (exact) mass is 442 g/mol. The van der Waals surface area contributed by atoms with Gasteiger partial charge in [0.2, 0.25) is 0 Å². The van der Waals surface area contributed by atoms with Crippen molar-refractivity contribution in [1.82, 2.24) is 14.9 Å². The molecule has 0 amide bonds. The van der Waals surface area contributed by atoms with Gasteiger partial charge in [-0.05, 0) is 80.2 Å². The van der Waals surface area contributed by atoms with Gasteiger partial charge < -0.3 is 14.8 Å². The van der Waals surface area contributed by atoms with Gasteiger partial charge >= 0.3 is 0 Å². The maximum Gasteiger partial charge on any atom is 0.174 e. The lowest BCUT2D eigenvalue weighted by molar-refractivity contribution is 0.565. The third kappa shape index (κ3) is 3.46. The Bertz CT molecular complexity index is 1270. The molecule has 1 N–H and O–H groups in total. The number of thiocarbonyl (C=S) groups is 1. The van der Waals surface area contributed by atoms with Crippen molar-refractivity contribution in [2.24, 2.45) is 0 Å². The van der Waals surface area contributed by atoms with Crippen LogP contribution in [-0.2, 0) is 0 Å². The van der Waals surface area contributed by atoms with Gasteiger partial charge in [-0.25, -0.2) is 4.39 Å². The van der Waals surface area contributed by atoms with Gasteiger partial charge in [-0.1, -0.05) is 30.3 Å². The van der Waals surface area contributed by atoms with Crippen molar-refractivity contribution in [2.45, 2.75) is 25.9 Å². The SMILES string of the molecule is Cc1cc([C@@H]2[C@@H](c3ccccn3)NC(=S)N2c2ccccc2)c(C)n1-c1cccc(F)c1. The first-order valence-electron chi connectivity index (χ1n) is 10.5. The van der Waals surface area contributed by atoms with Crippen LogP contribution in [0.5, 0.6) is 0 Å². The third-order valence-corrected chi connectivity index (χ3v) is 6.30. The second-order valence-corrected chi connectivity index (χ2v) is 8.36. The van der Waals surface area contributed by atoms with Crippen LogP contribution < -0.4 is 10.2 Å². The normalized spacial score (nSPS) is 18.1. The average molecular weight is 443 g/mol. The Hall–Kier alpha value is -3.51. The number of nitrogens with zero attached hydrogens (tertiary/aromatic N) is 3. The van der Waals surface area contributed by atoms with Crippen LogP contribution in [0.25, 0.3) is 5.69 Å². The summed E-state index contributed by atoms with van der Waals surface area (Å²) in [5.74, 6) is -0.252. The number of nitrogens with one attached hydrogen (secondary N) is 1. The van der Waals surface area contributed by atoms with Crippen LogP contribution in [0.4, 0.5) is 10.1 Å². The Kier molecular flexibility index (Phi) is 5.23. The summed E-state index contributed by atoms with van der Waals surface area (Å²) >= 11 is 5.80. The van der Waals surface area contributed by atoms with Crippen LogP contribution in [0.2, 0.25) is 0 Å². The van der Waals surface area contributed by atoms with Gasteiger partial charge in [0.25, 0.3) is 0 Å². The molecule has 2 aromatic carbocycles. The minimum absolute atomic E-state index is 0.103. The number of benzene rings is 2. The molecule has 0 spiro atoms. The molecule has 4 nitrogen and oxygen atoms in total. The Balaban J connectivity index is 1.68. The Morgan fingerprint density at radius 3 is 2.38 bits per heavy atom. The molecule has 0 radical (unpaired) electrons. The van der Waals surface area contributed by atoms with Gasteiger partial charge in [-0.2, -0.15) is 0 Å². The summed E-state index contributed by atoms with van der Waals surface area (Å²) < 4.78 is 16.1. The molecule has 0 aliphatic carbocycles. The van der Waals surface area contributed by atoms with Crippen molar-refractivity contribution in [1.29, 1.82) is 0 Å². The third-order valence-electron chi connectivity index (χ3n) is 5.99. The molecule has 6 heteroatoms. The highest BCUT2D eigenvalue weighted by Crippen LogP contribution is 2.43. The number of halogens is 1. The van der Waals surface area contributed by atoms with E-state index in [2.05, 4.69) is 44.9 Å². The number of rotatable bonds is 4. The fraction of sp³-hybridized carbons (Fsp3) is 0.154. The van der Waals surface area contributed by atoms with Gasteiger partial charge in [-0.15, -0.1) is 0 Å². The van der Waals surface area contributed by atoms with E-state index in [4.69, 9.17) is 12.2 Å². The van der Waals surface area contributed by atoms with Crippen molar-refractivity contribution in [2.75, 3.05) is 4.90 Å². The summed E-state index contributed by atoms with van der Waals surface area (Å²) in [6.45, 7) is 4.12. The zero-order valence-corrected chi connectivity index (χ0v) is 18.7. The first-order valence-corrected chi connectivity index (χ1v) is 11.0. The minimum Gasteiger partial charge on any atom is -0.351 e. The molecule has 1 aliphatic heterocycles. The molecule has 2 aromatic heterocycles. The van der Waals surface area contributed by atoms with E-state index in [0.29, 0.717) is 5.11 Å². The highest BCUT2D eigenvalue weighted by molar-refractivity contribution is 7.80. The average Bonchev–Trinajstić information content (AvgIpc) is 3.30. The van der Waals surface area contributed by atoms with Gasteiger partial charge in [-0.3, -0.25) is 4.98 Å². The van der Waals surface area contributed by atoms with Crippen molar-refractivity contribution < 1.29 is 4.39 Å². The van der Waals surface area contributed by atoms with Crippen LogP contribution >= 0.6 is 12.2 Å². The zero-order valence-electron chi connectivity index (χ0n) is 17.9. The second-order valence-electron chi connectivity index (χ2n) is 7.97. The molecule has 1 aliphatic rings. The summed E-state index contributed by atoms with van der Waals surface area (Å²) in [7, 11) is 0. The summed E-state index contributed by atoms with van der Waals surface area (Å²) in [6.07, 6.45) is 1.80. The molecule has 2 atom stereocenters. The van der Waals surface area contributed by atoms with Crippen molar-refractivity contribution in [3.63, 3.8) is 0 Å². The molecular weight excluding hydrogens is 419 g/mol. The highest BCUT2D eigenvalue weighted by Gasteiger charge is 2.42. The number of hydrogen-bond donors (Lipinski definition) is 1. The number of anilines is 1. The summed E-state index contributed by atoms with van der Waals surface area (Å²) in [4.78, 5) is 6.78. The highest BCUT2D eigenvalue weighted by atomic mass is 32.1. The Morgan fingerprint density at radius 1 is 0.906 bits per heavy atom. The number of pyridine rings is 1. The van der Waals surface area contributed by atoms with E-state index < -0.39 is 0 Å². The van der Waals surface area contributed by atoms with Crippen molar-refractivity contribution >= 4 is 23.0 Å². The van der Waals surface area contributed by atoms with Crippen molar-refractivity contribution in [3.05, 3.63) is 114 Å². The first kappa shape index (κ1) is 20.4. The molecular formula is C26H23FN4S. The molecule has 1 fully saturated rings. The van der Waals surface area contributed by atoms with E-state index in [9.17, 15) is 4.39 Å². The lowest BCUT2D eigenvalue weighted by atomic mass is 9.96. The van der Waals surface area contributed by atoms with E-state index in [1.807, 2.05) is 49.4 Å². The van der Waals surface area contributed by atoms with E-state index in [1.54, 1.807) is 18.3 Å². The zero-order chi connectivity index (χ0) is 22.2. The molecule has 4 aromatic rings. The number of aryl methyl sites for hydroxylation is 1. The Morgan fingerprint density at radius 2 is 1.66 bits per heavy atom. The number of hydrogen-bond acceptors (Lipinski definition) is 2. The summed E-state index contributed by atoms with van der Waals surface area (Å²) in [6, 6.07) is 24.7. The van der Waals surface area contributed by atoms with Gasteiger partial charge in [0, 0.05) is 29.0 Å². The summed E-state index contributed by atoms with van der Waals surface area (Å²) in [5.41, 5.74) is 5.96. The fourth-order valence-corrected chi connectivity index (χ4v) is 4.98. The first-order chi connectivity index (χ1) is 15.5. The van der Waals surface area contributed by atoms with Crippen LogP contribution in [0, 0.1) is 19.7 Å². The fourth-order valence-electron chi connectivity index (χ4n) is 4.64. The summed E-state index contributed by atoms with van der Waals surface area (Å²) in [5, 5.41) is 4.16. The van der Waals surface area contributed by atoms with Crippen LogP contribution in [0.3, 0.4) is 0 Å². The molecule has 160 valence electrons. The van der Waals surface area contributed by atoms with Gasteiger partial charge in [0.15, 0.2) is 5.11 Å². The topological polar surface area (TPSA) is 33.1 Å². The van der Waals surface area contributed by atoms with Crippen molar-refractivity contribution in [3.8, 4) is 5.69 Å². The predicted octanol–water partition coefficient (Wildman–Crippen LogP) is 5.81. The molecule has 0 saturated carbocycles. The van der Waals surface area contributed by atoms with Gasteiger partial charge in [0.05, 0.1) is 17.8 Å². The quantitative estimate of drug-likeness (QED) is 0.405. The lowest BCUT2D eigenvalue weighted by Crippen LogP contribution is -2.29. The smallest absolute Gasteiger partial charge is 0.174 e. The molecule has 5 rings (SSSR count). The van der Waals surface area contributed by atoms with Crippen LogP contribution in [-0.4, -0.2) is 14.7 Å². The molecule has 1 saturated heterocycles. The maximum absolute atomic E-state index is 14.0. The predicted molar refractivity (Wildman–Crippen MR) is 130 cm³/mol. The number of para-hydroxylation sites is 1. The van der Waals surface area contributed by atoms with E-state index in [0.717, 1.165) is 34.0 Å².